The molecule has 1 rings (SSSR count). The fraction of sp³-hybridized carbons (Fsp3) is 0.533. The molecule has 6 heteroatoms. The molecule has 0 bridgehead atoms. The van der Waals surface area contributed by atoms with Gasteiger partial charge in [0.15, 0.2) is 18.2 Å². The van der Waals surface area contributed by atoms with Crippen molar-refractivity contribution in [3.05, 3.63) is 24.3 Å². The number of benzene rings is 1. The van der Waals surface area contributed by atoms with Gasteiger partial charge in [-0.25, -0.2) is 4.79 Å². The molecule has 0 fully saturated rings. The molecule has 0 radical (unpaired) electrons. The van der Waals surface area contributed by atoms with Crippen molar-refractivity contribution < 1.29 is 19.0 Å². The Hall–Kier alpha value is -1.95. The number of hydrogen-bond acceptors (Lipinski definition) is 4. The average Bonchev–Trinajstić information content (AvgIpc) is 2.47. The number of ether oxygens (including phenoxy) is 3. The van der Waals surface area contributed by atoms with E-state index in [4.69, 9.17) is 14.2 Å². The molecule has 118 valence electrons. The van der Waals surface area contributed by atoms with Crippen LogP contribution in [0.25, 0.3) is 0 Å². The van der Waals surface area contributed by atoms with Crippen molar-refractivity contribution in [2.75, 3.05) is 27.0 Å². The fourth-order valence-corrected chi connectivity index (χ4v) is 1.57. The van der Waals surface area contributed by atoms with Gasteiger partial charge >= 0.3 is 6.03 Å². The number of hydrogen-bond donors (Lipinski definition) is 2. The highest BCUT2D eigenvalue weighted by atomic mass is 16.5. The molecule has 1 aromatic rings. The van der Waals surface area contributed by atoms with E-state index in [1.165, 1.54) is 0 Å². The number of carbonyl (C=O) groups excluding carboxylic acids is 1. The number of amides is 2. The summed E-state index contributed by atoms with van der Waals surface area (Å²) in [6.07, 6.45) is 0.993. The Bertz CT molecular complexity index is 424. The van der Waals surface area contributed by atoms with Gasteiger partial charge in [0.1, 0.15) is 0 Å². The predicted molar refractivity (Wildman–Crippen MR) is 80.7 cm³/mol. The van der Waals surface area contributed by atoms with Crippen LogP contribution in [0.5, 0.6) is 11.5 Å². The normalized spacial score (nSPS) is 10.3. The van der Waals surface area contributed by atoms with Gasteiger partial charge in [-0.15, -0.1) is 0 Å². The minimum Gasteiger partial charge on any atom is -0.493 e. The van der Waals surface area contributed by atoms with E-state index in [0.717, 1.165) is 6.42 Å². The molecular formula is C15H24N2O4. The van der Waals surface area contributed by atoms with E-state index in [0.29, 0.717) is 24.7 Å². The molecule has 2 N–H and O–H groups in total. The van der Waals surface area contributed by atoms with Crippen LogP contribution in [0.4, 0.5) is 4.79 Å². The summed E-state index contributed by atoms with van der Waals surface area (Å²) in [5.74, 6) is 1.22. The second kappa shape index (κ2) is 9.88. The van der Waals surface area contributed by atoms with Gasteiger partial charge in [0.05, 0.1) is 13.2 Å². The third-order valence-electron chi connectivity index (χ3n) is 2.59. The lowest BCUT2D eigenvalue weighted by atomic mass is 10.3. The number of para-hydroxylation sites is 2. The van der Waals surface area contributed by atoms with Crippen LogP contribution >= 0.6 is 0 Å². The summed E-state index contributed by atoms with van der Waals surface area (Å²) in [5.41, 5.74) is 0. The van der Waals surface area contributed by atoms with Crippen molar-refractivity contribution in [1.29, 1.82) is 0 Å². The van der Waals surface area contributed by atoms with E-state index < -0.39 is 0 Å². The quantitative estimate of drug-likeness (QED) is 0.541. The average molecular weight is 296 g/mol. The number of rotatable bonds is 9. The zero-order chi connectivity index (χ0) is 15.5. The minimum absolute atomic E-state index is 0.0781. The number of urea groups is 1. The lowest BCUT2D eigenvalue weighted by Gasteiger charge is -2.12. The molecule has 0 aromatic heterocycles. The first-order chi connectivity index (χ1) is 10.1. The second-order valence-corrected chi connectivity index (χ2v) is 4.65. The van der Waals surface area contributed by atoms with Gasteiger partial charge < -0.3 is 24.8 Å². The lowest BCUT2D eigenvalue weighted by molar-refractivity contribution is 0.0774. The Morgan fingerprint density at radius 3 is 2.57 bits per heavy atom. The molecule has 0 unspecified atom stereocenters. The highest BCUT2D eigenvalue weighted by Gasteiger charge is 2.03. The van der Waals surface area contributed by atoms with Gasteiger partial charge in [-0.1, -0.05) is 12.1 Å². The maximum absolute atomic E-state index is 11.5. The Morgan fingerprint density at radius 2 is 1.90 bits per heavy atom. The van der Waals surface area contributed by atoms with Crippen LogP contribution < -0.4 is 20.1 Å². The molecule has 0 atom stereocenters. The highest BCUT2D eigenvalue weighted by molar-refractivity contribution is 5.73. The largest absolute Gasteiger partial charge is 0.493 e. The van der Waals surface area contributed by atoms with Crippen molar-refractivity contribution >= 4 is 6.03 Å². The Kier molecular flexibility index (Phi) is 8.04. The van der Waals surface area contributed by atoms with Gasteiger partial charge in [0.25, 0.3) is 0 Å². The molecule has 1 aromatic carbocycles. The standard InChI is InChI=1S/C15H24N2O4/c1-12(2)20-10-6-9-16-15(18)17-11-21-14-8-5-4-7-13(14)19-3/h4-5,7-8,12H,6,9-11H2,1-3H3,(H2,16,17,18). The molecular weight excluding hydrogens is 272 g/mol. The van der Waals surface area contributed by atoms with Crippen molar-refractivity contribution in [2.45, 2.75) is 26.4 Å². The van der Waals surface area contributed by atoms with Crippen molar-refractivity contribution in [3.63, 3.8) is 0 Å². The van der Waals surface area contributed by atoms with Crippen LogP contribution in [0.3, 0.4) is 0 Å². The van der Waals surface area contributed by atoms with E-state index in [-0.39, 0.29) is 18.9 Å². The van der Waals surface area contributed by atoms with Crippen molar-refractivity contribution in [3.8, 4) is 11.5 Å². The summed E-state index contributed by atoms with van der Waals surface area (Å²) in [4.78, 5) is 11.5. The number of carbonyl (C=O) groups is 1. The summed E-state index contributed by atoms with van der Waals surface area (Å²) in [5, 5.41) is 5.34. The monoisotopic (exact) mass is 296 g/mol. The molecule has 2 amide bonds. The summed E-state index contributed by atoms with van der Waals surface area (Å²) in [6, 6.07) is 7.00. The van der Waals surface area contributed by atoms with Gasteiger partial charge in [-0.3, -0.25) is 0 Å². The highest BCUT2D eigenvalue weighted by Crippen LogP contribution is 2.25. The van der Waals surface area contributed by atoms with Gasteiger partial charge in [-0.05, 0) is 32.4 Å². The van der Waals surface area contributed by atoms with Crippen molar-refractivity contribution in [2.24, 2.45) is 0 Å². The van der Waals surface area contributed by atoms with E-state index in [1.54, 1.807) is 19.2 Å². The van der Waals surface area contributed by atoms with Crippen molar-refractivity contribution in [1.82, 2.24) is 10.6 Å². The van der Waals surface area contributed by atoms with Crippen LogP contribution in [0, 0.1) is 0 Å². The molecule has 0 aliphatic rings. The molecule has 0 aliphatic carbocycles. The first-order valence-corrected chi connectivity index (χ1v) is 7.02. The predicted octanol–water partition coefficient (Wildman–Crippen LogP) is 2.15. The minimum atomic E-state index is -0.269. The van der Waals surface area contributed by atoms with Crippen LogP contribution in [0.2, 0.25) is 0 Å². The Morgan fingerprint density at radius 1 is 1.19 bits per heavy atom. The molecule has 6 nitrogen and oxygen atoms in total. The molecule has 0 saturated carbocycles. The fourth-order valence-electron chi connectivity index (χ4n) is 1.57. The van der Waals surface area contributed by atoms with Gasteiger partial charge in [0.2, 0.25) is 0 Å². The first-order valence-electron chi connectivity index (χ1n) is 7.02. The molecule has 0 aliphatic heterocycles. The van der Waals surface area contributed by atoms with E-state index >= 15 is 0 Å². The smallest absolute Gasteiger partial charge is 0.317 e. The Balaban J connectivity index is 2.13. The Labute approximate surface area is 125 Å². The number of methoxy groups -OCH3 is 1. The topological polar surface area (TPSA) is 68.8 Å². The van der Waals surface area contributed by atoms with E-state index in [9.17, 15) is 4.79 Å². The zero-order valence-electron chi connectivity index (χ0n) is 12.8. The van der Waals surface area contributed by atoms with E-state index in [1.807, 2.05) is 26.0 Å². The lowest BCUT2D eigenvalue weighted by Crippen LogP contribution is -2.38. The van der Waals surface area contributed by atoms with Crippen LogP contribution in [-0.2, 0) is 4.74 Å². The summed E-state index contributed by atoms with van der Waals surface area (Å²) >= 11 is 0. The zero-order valence-corrected chi connectivity index (χ0v) is 12.8. The van der Waals surface area contributed by atoms with Gasteiger partial charge in [0, 0.05) is 13.2 Å². The third kappa shape index (κ3) is 7.41. The molecule has 0 spiro atoms. The summed E-state index contributed by atoms with van der Waals surface area (Å²) in [6.45, 7) is 5.24. The first kappa shape index (κ1) is 17.1. The van der Waals surface area contributed by atoms with Crippen LogP contribution in [-0.4, -0.2) is 39.1 Å². The van der Waals surface area contributed by atoms with Crippen LogP contribution in [0.1, 0.15) is 20.3 Å². The van der Waals surface area contributed by atoms with E-state index in [2.05, 4.69) is 10.6 Å². The SMILES string of the molecule is COc1ccccc1OCNC(=O)NCCCOC(C)C. The van der Waals surface area contributed by atoms with Gasteiger partial charge in [-0.2, -0.15) is 0 Å². The number of nitrogens with one attached hydrogen (secondary N) is 2. The second-order valence-electron chi connectivity index (χ2n) is 4.65. The molecule has 0 heterocycles. The summed E-state index contributed by atoms with van der Waals surface area (Å²) in [7, 11) is 1.57. The van der Waals surface area contributed by atoms with Crippen LogP contribution in [0.15, 0.2) is 24.3 Å². The summed E-state index contributed by atoms with van der Waals surface area (Å²) < 4.78 is 16.0. The maximum Gasteiger partial charge on any atom is 0.317 e. The molecule has 21 heavy (non-hydrogen) atoms. The maximum atomic E-state index is 11.5. The third-order valence-corrected chi connectivity index (χ3v) is 2.59. The molecule has 0 saturated heterocycles.